The molecule has 17 heavy (non-hydrogen) atoms. The highest BCUT2D eigenvalue weighted by Crippen LogP contribution is 2.23. The zero-order valence-corrected chi connectivity index (χ0v) is 12.4. The van der Waals surface area contributed by atoms with Crippen LogP contribution in [-0.4, -0.2) is 20.0 Å². The molecule has 1 aromatic rings. The third kappa shape index (κ3) is 3.92. The molecule has 0 heterocycles. The van der Waals surface area contributed by atoms with Gasteiger partial charge in [0.25, 0.3) is 0 Å². The van der Waals surface area contributed by atoms with Gasteiger partial charge in [0.15, 0.2) is 0 Å². The van der Waals surface area contributed by atoms with E-state index in [9.17, 15) is 9.00 Å². The fraction of sp³-hybridized carbons (Fsp3) is 0.417. The molecule has 0 bridgehead atoms. The second-order valence-corrected chi connectivity index (χ2v) is 7.77. The molecule has 1 rings (SSSR count). The molecule has 1 aromatic carbocycles. The molecule has 0 saturated carbocycles. The van der Waals surface area contributed by atoms with Crippen molar-refractivity contribution in [1.29, 1.82) is 0 Å². The van der Waals surface area contributed by atoms with Crippen molar-refractivity contribution in [3.63, 3.8) is 0 Å². The SMILES string of the molecule is CC(C)(C)S(=O)Cc1ccc(C(=O)O)cc1Br. The molecule has 0 spiro atoms. The van der Waals surface area contributed by atoms with E-state index in [-0.39, 0.29) is 10.3 Å². The van der Waals surface area contributed by atoms with E-state index in [0.29, 0.717) is 10.2 Å². The van der Waals surface area contributed by atoms with Gasteiger partial charge in [-0.1, -0.05) is 22.0 Å². The van der Waals surface area contributed by atoms with Crippen LogP contribution in [0.5, 0.6) is 0 Å². The summed E-state index contributed by atoms with van der Waals surface area (Å²) < 4.78 is 12.4. The van der Waals surface area contributed by atoms with Crippen LogP contribution in [0.4, 0.5) is 0 Å². The molecule has 0 fully saturated rings. The van der Waals surface area contributed by atoms with Gasteiger partial charge in [0.05, 0.1) is 11.3 Å². The number of carbonyl (C=O) groups is 1. The van der Waals surface area contributed by atoms with Crippen molar-refractivity contribution in [3.05, 3.63) is 33.8 Å². The van der Waals surface area contributed by atoms with Crippen LogP contribution in [0.15, 0.2) is 22.7 Å². The number of benzene rings is 1. The van der Waals surface area contributed by atoms with Crippen molar-refractivity contribution < 1.29 is 14.1 Å². The first-order valence-corrected chi connectivity index (χ1v) is 7.23. The highest BCUT2D eigenvalue weighted by molar-refractivity contribution is 9.10. The Hall–Kier alpha value is -0.680. The Morgan fingerprint density at radius 2 is 2.00 bits per heavy atom. The van der Waals surface area contributed by atoms with Crippen LogP contribution in [0, 0.1) is 0 Å². The third-order valence-electron chi connectivity index (χ3n) is 2.27. The van der Waals surface area contributed by atoms with Crippen LogP contribution in [0.25, 0.3) is 0 Å². The molecule has 0 amide bonds. The second kappa shape index (κ2) is 5.31. The van der Waals surface area contributed by atoms with Crippen LogP contribution in [-0.2, 0) is 16.6 Å². The number of aromatic carboxylic acids is 1. The number of rotatable bonds is 3. The number of halogens is 1. The van der Waals surface area contributed by atoms with Gasteiger partial charge in [-0.05, 0) is 38.5 Å². The zero-order valence-electron chi connectivity index (χ0n) is 9.99. The fourth-order valence-electron chi connectivity index (χ4n) is 1.16. The second-order valence-electron chi connectivity index (χ2n) is 4.71. The lowest BCUT2D eigenvalue weighted by molar-refractivity contribution is 0.0697. The molecule has 5 heteroatoms. The van der Waals surface area contributed by atoms with Crippen LogP contribution >= 0.6 is 15.9 Å². The summed E-state index contributed by atoms with van der Waals surface area (Å²) in [5.41, 5.74) is 1.09. The van der Waals surface area contributed by atoms with Gasteiger partial charge in [-0.25, -0.2) is 4.79 Å². The summed E-state index contributed by atoms with van der Waals surface area (Å²) in [7, 11) is -0.993. The molecule has 0 aliphatic rings. The molecule has 0 aromatic heterocycles. The maximum Gasteiger partial charge on any atom is 0.335 e. The van der Waals surface area contributed by atoms with Crippen molar-refractivity contribution in [3.8, 4) is 0 Å². The van der Waals surface area contributed by atoms with Gasteiger partial charge in [-0.3, -0.25) is 4.21 Å². The molecule has 3 nitrogen and oxygen atoms in total. The van der Waals surface area contributed by atoms with Gasteiger partial charge in [0, 0.05) is 20.0 Å². The van der Waals surface area contributed by atoms with Crippen LogP contribution < -0.4 is 0 Å². The van der Waals surface area contributed by atoms with E-state index in [1.165, 1.54) is 12.1 Å². The molecule has 0 saturated heterocycles. The van der Waals surface area contributed by atoms with E-state index in [0.717, 1.165) is 5.56 Å². The van der Waals surface area contributed by atoms with E-state index in [1.807, 2.05) is 20.8 Å². The first-order chi connectivity index (χ1) is 7.71. The summed E-state index contributed by atoms with van der Waals surface area (Å²) in [5, 5.41) is 8.83. The minimum Gasteiger partial charge on any atom is -0.478 e. The monoisotopic (exact) mass is 318 g/mol. The smallest absolute Gasteiger partial charge is 0.335 e. The largest absolute Gasteiger partial charge is 0.478 e. The average molecular weight is 319 g/mol. The quantitative estimate of drug-likeness (QED) is 0.931. The first-order valence-electron chi connectivity index (χ1n) is 5.12. The number of hydrogen-bond acceptors (Lipinski definition) is 2. The van der Waals surface area contributed by atoms with Crippen LogP contribution in [0.3, 0.4) is 0 Å². The van der Waals surface area contributed by atoms with Crippen molar-refractivity contribution in [2.45, 2.75) is 31.3 Å². The predicted molar refractivity (Wildman–Crippen MR) is 72.7 cm³/mol. The number of carboxylic acids is 1. The Morgan fingerprint density at radius 3 is 2.41 bits per heavy atom. The first kappa shape index (κ1) is 14.4. The Bertz CT molecular complexity index is 463. The van der Waals surface area contributed by atoms with E-state index in [1.54, 1.807) is 6.07 Å². The summed E-state index contributed by atoms with van der Waals surface area (Å²) in [6.07, 6.45) is 0. The fourth-order valence-corrected chi connectivity index (χ4v) is 2.83. The molecule has 0 aliphatic heterocycles. The highest BCUT2D eigenvalue weighted by Gasteiger charge is 2.20. The summed E-state index contributed by atoms with van der Waals surface area (Å²) in [5.74, 6) is -0.543. The minimum atomic E-state index is -0.993. The lowest BCUT2D eigenvalue weighted by atomic mass is 10.1. The Morgan fingerprint density at radius 1 is 1.41 bits per heavy atom. The lowest BCUT2D eigenvalue weighted by Crippen LogP contribution is -2.23. The Kier molecular flexibility index (Phi) is 4.49. The van der Waals surface area contributed by atoms with Gasteiger partial charge in [0.2, 0.25) is 0 Å². The van der Waals surface area contributed by atoms with E-state index < -0.39 is 16.8 Å². The van der Waals surface area contributed by atoms with Crippen molar-refractivity contribution in [1.82, 2.24) is 0 Å². The van der Waals surface area contributed by atoms with Crippen molar-refractivity contribution in [2.24, 2.45) is 0 Å². The van der Waals surface area contributed by atoms with Crippen molar-refractivity contribution in [2.75, 3.05) is 0 Å². The molecule has 0 aliphatic carbocycles. The molecular formula is C12H15BrO3S. The van der Waals surface area contributed by atoms with Gasteiger partial charge in [-0.2, -0.15) is 0 Å². The predicted octanol–water partition coefficient (Wildman–Crippen LogP) is 3.19. The summed E-state index contributed by atoms with van der Waals surface area (Å²) >= 11 is 3.31. The van der Waals surface area contributed by atoms with Crippen LogP contribution in [0.1, 0.15) is 36.7 Å². The van der Waals surface area contributed by atoms with E-state index >= 15 is 0 Å². The summed E-state index contributed by atoms with van der Waals surface area (Å²) in [6, 6.07) is 4.77. The Balaban J connectivity index is 2.95. The van der Waals surface area contributed by atoms with Gasteiger partial charge in [-0.15, -0.1) is 0 Å². The number of carboxylic acid groups (broad SMARTS) is 1. The normalized spacial score (nSPS) is 13.4. The minimum absolute atomic E-state index is 0.224. The molecule has 94 valence electrons. The highest BCUT2D eigenvalue weighted by atomic mass is 79.9. The Labute approximate surface area is 112 Å². The van der Waals surface area contributed by atoms with Gasteiger partial charge >= 0.3 is 5.97 Å². The summed E-state index contributed by atoms with van der Waals surface area (Å²) in [4.78, 5) is 10.8. The standard InChI is InChI=1S/C12H15BrO3S/c1-12(2,3)17(16)7-9-5-4-8(11(14)15)6-10(9)13/h4-6H,7H2,1-3H3,(H,14,15). The molecule has 1 unspecified atom stereocenters. The van der Waals surface area contributed by atoms with Gasteiger partial charge < -0.3 is 5.11 Å². The topological polar surface area (TPSA) is 54.4 Å². The molecule has 1 atom stereocenters. The molecule has 0 radical (unpaired) electrons. The summed E-state index contributed by atoms with van der Waals surface area (Å²) in [6.45, 7) is 5.76. The van der Waals surface area contributed by atoms with E-state index in [2.05, 4.69) is 15.9 Å². The zero-order chi connectivity index (χ0) is 13.2. The maximum atomic E-state index is 12.0. The van der Waals surface area contributed by atoms with Crippen LogP contribution in [0.2, 0.25) is 0 Å². The van der Waals surface area contributed by atoms with Crippen molar-refractivity contribution >= 4 is 32.7 Å². The lowest BCUT2D eigenvalue weighted by Gasteiger charge is -2.18. The van der Waals surface area contributed by atoms with Gasteiger partial charge in [0.1, 0.15) is 0 Å². The average Bonchev–Trinajstić information content (AvgIpc) is 2.19. The van der Waals surface area contributed by atoms with E-state index in [4.69, 9.17) is 5.11 Å². The number of hydrogen-bond donors (Lipinski definition) is 1. The maximum absolute atomic E-state index is 12.0. The molecular weight excluding hydrogens is 304 g/mol. The molecule has 1 N–H and O–H groups in total. The third-order valence-corrected chi connectivity index (χ3v) is 4.95.